The monoisotopic (exact) mass is 226 g/mol. The van der Waals surface area contributed by atoms with Crippen molar-refractivity contribution in [3.05, 3.63) is 0 Å². The van der Waals surface area contributed by atoms with Crippen LogP contribution in [0.1, 0.15) is 52.4 Å². The molecule has 0 aromatic heterocycles. The molecule has 0 aromatic rings. The van der Waals surface area contributed by atoms with Crippen molar-refractivity contribution in [3.8, 4) is 0 Å². The summed E-state index contributed by atoms with van der Waals surface area (Å²) in [7, 11) is 1.97. The maximum absolute atomic E-state index is 12.1. The maximum Gasteiger partial charge on any atom is 0.223 e. The molecule has 1 rings (SSSR count). The zero-order chi connectivity index (χ0) is 12.0. The normalized spacial score (nSPS) is 25.8. The average Bonchev–Trinajstić information content (AvgIpc) is 2.26. The average molecular weight is 226 g/mol. The van der Waals surface area contributed by atoms with E-state index in [0.717, 1.165) is 45.2 Å². The summed E-state index contributed by atoms with van der Waals surface area (Å²) in [5, 5.41) is 3.22. The second-order valence-electron chi connectivity index (χ2n) is 5.13. The number of piperidine rings is 1. The quantitative estimate of drug-likeness (QED) is 0.779. The number of amides is 1. The number of carbonyl (C=O) groups excluding carboxylic acids is 1. The minimum atomic E-state index is 0.0395. The molecule has 0 aliphatic carbocycles. The highest BCUT2D eigenvalue weighted by Crippen LogP contribution is 2.28. The van der Waals surface area contributed by atoms with E-state index in [1.54, 1.807) is 0 Å². The fourth-order valence-corrected chi connectivity index (χ4v) is 2.63. The number of hydrogen-bond acceptors (Lipinski definition) is 2. The summed E-state index contributed by atoms with van der Waals surface area (Å²) < 4.78 is 0. The number of nitrogens with one attached hydrogen (secondary N) is 1. The summed E-state index contributed by atoms with van der Waals surface area (Å²) in [4.78, 5) is 14.3. The van der Waals surface area contributed by atoms with Crippen LogP contribution in [-0.2, 0) is 4.79 Å². The van der Waals surface area contributed by atoms with Gasteiger partial charge in [0.25, 0.3) is 0 Å². The molecule has 3 heteroatoms. The standard InChI is InChI=1S/C13H26N2O/c1-4-5-8-12(16)15-10-7-6-9-13(15,2)11-14-3/h14H,4-11H2,1-3H3. The third-order valence-corrected chi connectivity index (χ3v) is 3.60. The van der Waals surface area contributed by atoms with Gasteiger partial charge in [-0.15, -0.1) is 0 Å². The second-order valence-corrected chi connectivity index (χ2v) is 5.13. The molecular formula is C13H26N2O. The topological polar surface area (TPSA) is 32.3 Å². The Morgan fingerprint density at radius 1 is 1.44 bits per heavy atom. The Bertz CT molecular complexity index is 226. The Kier molecular flexibility index (Phi) is 5.26. The van der Waals surface area contributed by atoms with E-state index in [-0.39, 0.29) is 5.54 Å². The summed E-state index contributed by atoms with van der Waals surface area (Å²) in [5.41, 5.74) is 0.0395. The van der Waals surface area contributed by atoms with Crippen LogP contribution < -0.4 is 5.32 Å². The predicted molar refractivity (Wildman–Crippen MR) is 67.4 cm³/mol. The first kappa shape index (κ1) is 13.5. The SMILES string of the molecule is CCCCC(=O)N1CCCCC1(C)CNC. The van der Waals surface area contributed by atoms with Gasteiger partial charge < -0.3 is 10.2 Å². The van der Waals surface area contributed by atoms with Crippen LogP contribution in [0, 0.1) is 0 Å². The Labute approximate surface area is 99.6 Å². The number of likely N-dealkylation sites (tertiary alicyclic amines) is 1. The maximum atomic E-state index is 12.1. The minimum absolute atomic E-state index is 0.0395. The molecule has 1 saturated heterocycles. The van der Waals surface area contributed by atoms with E-state index in [1.165, 1.54) is 6.42 Å². The molecule has 3 nitrogen and oxygen atoms in total. The van der Waals surface area contributed by atoms with Crippen LogP contribution in [0.15, 0.2) is 0 Å². The lowest BCUT2D eigenvalue weighted by Crippen LogP contribution is -2.57. The van der Waals surface area contributed by atoms with Gasteiger partial charge in [0, 0.05) is 19.5 Å². The van der Waals surface area contributed by atoms with E-state index >= 15 is 0 Å². The highest BCUT2D eigenvalue weighted by atomic mass is 16.2. The fraction of sp³-hybridized carbons (Fsp3) is 0.923. The molecule has 0 aromatic carbocycles. The number of nitrogens with zero attached hydrogens (tertiary/aromatic N) is 1. The van der Waals surface area contributed by atoms with Gasteiger partial charge >= 0.3 is 0 Å². The number of rotatable bonds is 5. The molecule has 1 heterocycles. The molecule has 0 spiro atoms. The smallest absolute Gasteiger partial charge is 0.223 e. The van der Waals surface area contributed by atoms with Crippen molar-refractivity contribution in [1.82, 2.24) is 10.2 Å². The summed E-state index contributed by atoms with van der Waals surface area (Å²) in [6.45, 7) is 6.20. The number of likely N-dealkylation sites (N-methyl/N-ethyl adjacent to an activating group) is 1. The van der Waals surface area contributed by atoms with Crippen molar-refractivity contribution < 1.29 is 4.79 Å². The molecule has 1 fully saturated rings. The molecule has 1 unspecified atom stereocenters. The molecule has 0 bridgehead atoms. The summed E-state index contributed by atoms with van der Waals surface area (Å²) in [6, 6.07) is 0. The molecule has 1 aliphatic rings. The van der Waals surface area contributed by atoms with E-state index < -0.39 is 0 Å². The van der Waals surface area contributed by atoms with E-state index in [2.05, 4.69) is 24.1 Å². The molecule has 16 heavy (non-hydrogen) atoms. The van der Waals surface area contributed by atoms with Crippen LogP contribution in [0.2, 0.25) is 0 Å². The van der Waals surface area contributed by atoms with Crippen molar-refractivity contribution in [1.29, 1.82) is 0 Å². The molecule has 1 amide bonds. The molecule has 1 atom stereocenters. The third kappa shape index (κ3) is 3.21. The van der Waals surface area contributed by atoms with Gasteiger partial charge in [0.05, 0.1) is 5.54 Å². The van der Waals surface area contributed by atoms with Crippen LogP contribution in [0.3, 0.4) is 0 Å². The van der Waals surface area contributed by atoms with Gasteiger partial charge in [-0.25, -0.2) is 0 Å². The second kappa shape index (κ2) is 6.24. The van der Waals surface area contributed by atoms with E-state index in [4.69, 9.17) is 0 Å². The Morgan fingerprint density at radius 3 is 2.81 bits per heavy atom. The summed E-state index contributed by atoms with van der Waals surface area (Å²) >= 11 is 0. The van der Waals surface area contributed by atoms with Crippen molar-refractivity contribution in [2.45, 2.75) is 57.9 Å². The molecule has 0 radical (unpaired) electrons. The van der Waals surface area contributed by atoms with Crippen molar-refractivity contribution in [2.75, 3.05) is 20.1 Å². The number of hydrogen-bond donors (Lipinski definition) is 1. The third-order valence-electron chi connectivity index (χ3n) is 3.60. The Morgan fingerprint density at radius 2 is 2.19 bits per heavy atom. The van der Waals surface area contributed by atoms with Gasteiger partial charge in [0.1, 0.15) is 0 Å². The molecule has 94 valence electrons. The summed E-state index contributed by atoms with van der Waals surface area (Å²) in [5.74, 6) is 0.347. The van der Waals surface area contributed by atoms with E-state index in [0.29, 0.717) is 5.91 Å². The molecule has 0 saturated carbocycles. The van der Waals surface area contributed by atoms with Gasteiger partial charge in [0.15, 0.2) is 0 Å². The highest BCUT2D eigenvalue weighted by molar-refractivity contribution is 5.77. The van der Waals surface area contributed by atoms with Gasteiger partial charge in [-0.3, -0.25) is 4.79 Å². The predicted octanol–water partition coefficient (Wildman–Crippen LogP) is 2.17. The van der Waals surface area contributed by atoms with Crippen molar-refractivity contribution in [3.63, 3.8) is 0 Å². The van der Waals surface area contributed by atoms with E-state index in [9.17, 15) is 4.79 Å². The van der Waals surface area contributed by atoms with E-state index in [1.807, 2.05) is 7.05 Å². The van der Waals surface area contributed by atoms with Crippen LogP contribution in [0.4, 0.5) is 0 Å². The fourth-order valence-electron chi connectivity index (χ4n) is 2.63. The van der Waals surface area contributed by atoms with Crippen molar-refractivity contribution in [2.24, 2.45) is 0 Å². The van der Waals surface area contributed by atoms with Crippen molar-refractivity contribution >= 4 is 5.91 Å². The summed E-state index contributed by atoms with van der Waals surface area (Å²) in [6.07, 6.45) is 6.38. The lowest BCUT2D eigenvalue weighted by atomic mass is 9.88. The lowest BCUT2D eigenvalue weighted by molar-refractivity contribution is -0.139. The number of unbranched alkanes of at least 4 members (excludes halogenated alkanes) is 1. The van der Waals surface area contributed by atoms with Gasteiger partial charge in [-0.1, -0.05) is 13.3 Å². The Hall–Kier alpha value is -0.570. The lowest BCUT2D eigenvalue weighted by Gasteiger charge is -2.45. The first-order valence-electron chi connectivity index (χ1n) is 6.59. The van der Waals surface area contributed by atoms with Crippen LogP contribution in [0.25, 0.3) is 0 Å². The minimum Gasteiger partial charge on any atom is -0.336 e. The van der Waals surface area contributed by atoms with Gasteiger partial charge in [0.2, 0.25) is 5.91 Å². The Balaban J connectivity index is 2.62. The largest absolute Gasteiger partial charge is 0.336 e. The first-order valence-corrected chi connectivity index (χ1v) is 6.59. The van der Waals surface area contributed by atoms with Crippen LogP contribution in [-0.4, -0.2) is 36.5 Å². The molecule has 1 aliphatic heterocycles. The van der Waals surface area contributed by atoms with Crippen LogP contribution >= 0.6 is 0 Å². The number of carbonyl (C=O) groups is 1. The highest BCUT2D eigenvalue weighted by Gasteiger charge is 2.36. The zero-order valence-electron chi connectivity index (χ0n) is 11.0. The van der Waals surface area contributed by atoms with Gasteiger partial charge in [-0.05, 0) is 39.7 Å². The molecule has 1 N–H and O–H groups in total. The first-order chi connectivity index (χ1) is 7.64. The van der Waals surface area contributed by atoms with Crippen LogP contribution in [0.5, 0.6) is 0 Å². The zero-order valence-corrected chi connectivity index (χ0v) is 11.0. The molecular weight excluding hydrogens is 200 g/mol. The van der Waals surface area contributed by atoms with Gasteiger partial charge in [-0.2, -0.15) is 0 Å².